The maximum Gasteiger partial charge on any atom is 0.222 e. The number of carbonyl (C=O) groups is 2. The largest absolute Gasteiger partial charge is 0.346 e. The van der Waals surface area contributed by atoms with Gasteiger partial charge in [-0.15, -0.1) is 0 Å². The van der Waals surface area contributed by atoms with Gasteiger partial charge in [-0.05, 0) is 18.8 Å². The van der Waals surface area contributed by atoms with Gasteiger partial charge >= 0.3 is 0 Å². The van der Waals surface area contributed by atoms with Crippen LogP contribution in [-0.2, 0) is 9.59 Å². The van der Waals surface area contributed by atoms with Crippen molar-refractivity contribution in [3.8, 4) is 0 Å². The molecule has 0 aliphatic carbocycles. The molecule has 0 unspecified atom stereocenters. The smallest absolute Gasteiger partial charge is 0.222 e. The van der Waals surface area contributed by atoms with E-state index in [-0.39, 0.29) is 11.8 Å². The lowest BCUT2D eigenvalue weighted by Gasteiger charge is -2.19. The maximum absolute atomic E-state index is 11.7. The second-order valence-corrected chi connectivity index (χ2v) is 5.50. The van der Waals surface area contributed by atoms with Gasteiger partial charge in [0.1, 0.15) is 5.78 Å². The molecule has 0 spiro atoms. The lowest BCUT2D eigenvalue weighted by atomic mass is 10.0. The van der Waals surface area contributed by atoms with Gasteiger partial charge in [-0.2, -0.15) is 0 Å². The van der Waals surface area contributed by atoms with Crippen molar-refractivity contribution in [2.45, 2.75) is 53.4 Å². The number of amides is 1. The summed E-state index contributed by atoms with van der Waals surface area (Å²) in [5.74, 6) is 1.12. The summed E-state index contributed by atoms with van der Waals surface area (Å²) < 4.78 is 0. The number of ketones is 1. The summed E-state index contributed by atoms with van der Waals surface area (Å²) in [4.78, 5) is 24.9. The quantitative estimate of drug-likeness (QED) is 0.613. The van der Waals surface area contributed by atoms with E-state index in [1.54, 1.807) is 4.90 Å². The fourth-order valence-corrected chi connectivity index (χ4v) is 1.70. The number of rotatable bonds is 8. The molecule has 100 valence electrons. The summed E-state index contributed by atoms with van der Waals surface area (Å²) in [6, 6.07) is 0. The third-order valence-corrected chi connectivity index (χ3v) is 2.77. The first-order chi connectivity index (χ1) is 7.84. The Labute approximate surface area is 106 Å². The fourth-order valence-electron chi connectivity index (χ4n) is 1.70. The number of Topliss-reactive ketones (excluding diaryl/α,β-unsaturated/α-hetero) is 1. The van der Waals surface area contributed by atoms with E-state index < -0.39 is 0 Å². The molecule has 3 nitrogen and oxygen atoms in total. The van der Waals surface area contributed by atoms with Crippen molar-refractivity contribution in [1.29, 1.82) is 0 Å². The standard InChI is InChI=1S/C14H27NO2/c1-11(2)10-15(5)14(17)9-7-6-8-13(16)12(3)4/h11-12H,6-10H2,1-5H3. The molecule has 0 N–H and O–H groups in total. The van der Waals surface area contributed by atoms with Gasteiger partial charge in [-0.3, -0.25) is 9.59 Å². The average molecular weight is 241 g/mol. The van der Waals surface area contributed by atoms with Crippen LogP contribution in [-0.4, -0.2) is 30.2 Å². The summed E-state index contributed by atoms with van der Waals surface area (Å²) in [5.41, 5.74) is 0. The van der Waals surface area contributed by atoms with Crippen LogP contribution in [0.25, 0.3) is 0 Å². The molecule has 0 aliphatic heterocycles. The van der Waals surface area contributed by atoms with Gasteiger partial charge in [0.15, 0.2) is 0 Å². The molecule has 0 aromatic rings. The second kappa shape index (κ2) is 8.26. The summed E-state index contributed by atoms with van der Waals surface area (Å²) >= 11 is 0. The molecule has 0 aromatic carbocycles. The first kappa shape index (κ1) is 16.1. The van der Waals surface area contributed by atoms with Gasteiger partial charge < -0.3 is 4.90 Å². The molecule has 1 amide bonds. The van der Waals surface area contributed by atoms with Crippen LogP contribution in [0.1, 0.15) is 53.4 Å². The molecular formula is C14H27NO2. The Balaban J connectivity index is 3.68. The zero-order valence-electron chi connectivity index (χ0n) is 12.0. The maximum atomic E-state index is 11.7. The fraction of sp³-hybridized carbons (Fsp3) is 0.857. The summed E-state index contributed by atoms with van der Waals surface area (Å²) in [6.07, 6.45) is 2.82. The van der Waals surface area contributed by atoms with Crippen LogP contribution in [0.5, 0.6) is 0 Å². The van der Waals surface area contributed by atoms with Crippen LogP contribution in [0.3, 0.4) is 0 Å². The zero-order valence-corrected chi connectivity index (χ0v) is 12.0. The van der Waals surface area contributed by atoms with E-state index >= 15 is 0 Å². The summed E-state index contributed by atoms with van der Waals surface area (Å²) in [6.45, 7) is 8.85. The van der Waals surface area contributed by atoms with E-state index in [1.165, 1.54) is 0 Å². The SMILES string of the molecule is CC(C)CN(C)C(=O)CCCCC(=O)C(C)C. The van der Waals surface area contributed by atoms with E-state index in [9.17, 15) is 9.59 Å². The predicted molar refractivity (Wildman–Crippen MR) is 70.8 cm³/mol. The topological polar surface area (TPSA) is 37.4 Å². The lowest BCUT2D eigenvalue weighted by molar-refractivity contribution is -0.130. The minimum Gasteiger partial charge on any atom is -0.346 e. The Morgan fingerprint density at radius 3 is 2.00 bits per heavy atom. The van der Waals surface area contributed by atoms with Gasteiger partial charge in [0.25, 0.3) is 0 Å². The van der Waals surface area contributed by atoms with Crippen molar-refractivity contribution in [3.63, 3.8) is 0 Å². The zero-order chi connectivity index (χ0) is 13.4. The predicted octanol–water partition coefficient (Wildman–Crippen LogP) is 2.89. The number of carbonyl (C=O) groups excluding carboxylic acids is 2. The van der Waals surface area contributed by atoms with Crippen LogP contribution in [0.2, 0.25) is 0 Å². The molecule has 0 rings (SSSR count). The Morgan fingerprint density at radius 1 is 1.00 bits per heavy atom. The van der Waals surface area contributed by atoms with E-state index in [0.717, 1.165) is 19.4 Å². The molecule has 3 heteroatoms. The van der Waals surface area contributed by atoms with Gasteiger partial charge in [0.05, 0.1) is 0 Å². The third kappa shape index (κ3) is 7.94. The molecule has 0 heterocycles. The molecular weight excluding hydrogens is 214 g/mol. The number of nitrogens with zero attached hydrogens (tertiary/aromatic N) is 1. The summed E-state index contributed by atoms with van der Waals surface area (Å²) in [5, 5.41) is 0. The molecule has 0 radical (unpaired) electrons. The van der Waals surface area contributed by atoms with Crippen LogP contribution in [0.15, 0.2) is 0 Å². The molecule has 0 saturated heterocycles. The van der Waals surface area contributed by atoms with E-state index in [0.29, 0.717) is 24.5 Å². The van der Waals surface area contributed by atoms with Crippen molar-refractivity contribution < 1.29 is 9.59 Å². The highest BCUT2D eigenvalue weighted by atomic mass is 16.2. The van der Waals surface area contributed by atoms with E-state index in [1.807, 2.05) is 20.9 Å². The lowest BCUT2D eigenvalue weighted by Crippen LogP contribution is -2.30. The monoisotopic (exact) mass is 241 g/mol. The highest BCUT2D eigenvalue weighted by Crippen LogP contribution is 2.08. The third-order valence-electron chi connectivity index (χ3n) is 2.77. The molecule has 0 saturated carbocycles. The van der Waals surface area contributed by atoms with E-state index in [4.69, 9.17) is 0 Å². The Bertz CT molecular complexity index is 247. The van der Waals surface area contributed by atoms with Gasteiger partial charge in [0, 0.05) is 32.4 Å². The van der Waals surface area contributed by atoms with Gasteiger partial charge in [-0.25, -0.2) is 0 Å². The van der Waals surface area contributed by atoms with Crippen molar-refractivity contribution in [2.24, 2.45) is 11.8 Å². The van der Waals surface area contributed by atoms with E-state index in [2.05, 4.69) is 13.8 Å². The van der Waals surface area contributed by atoms with Crippen molar-refractivity contribution in [1.82, 2.24) is 4.90 Å². The highest BCUT2D eigenvalue weighted by Gasteiger charge is 2.11. The second-order valence-electron chi connectivity index (χ2n) is 5.50. The number of unbranched alkanes of at least 4 members (excludes halogenated alkanes) is 1. The van der Waals surface area contributed by atoms with Crippen LogP contribution < -0.4 is 0 Å². The van der Waals surface area contributed by atoms with Crippen molar-refractivity contribution in [2.75, 3.05) is 13.6 Å². The minimum absolute atomic E-state index is 0.120. The van der Waals surface area contributed by atoms with Crippen LogP contribution in [0.4, 0.5) is 0 Å². The van der Waals surface area contributed by atoms with Crippen LogP contribution >= 0.6 is 0 Å². The molecule has 17 heavy (non-hydrogen) atoms. The average Bonchev–Trinajstić information content (AvgIpc) is 2.22. The molecule has 0 aliphatic rings. The van der Waals surface area contributed by atoms with Crippen LogP contribution in [0, 0.1) is 11.8 Å². The Morgan fingerprint density at radius 2 is 1.53 bits per heavy atom. The van der Waals surface area contributed by atoms with Gasteiger partial charge in [-0.1, -0.05) is 27.7 Å². The van der Waals surface area contributed by atoms with Crippen molar-refractivity contribution in [3.05, 3.63) is 0 Å². The Kier molecular flexibility index (Phi) is 7.85. The minimum atomic E-state index is 0.120. The first-order valence-corrected chi connectivity index (χ1v) is 6.61. The number of hydrogen-bond acceptors (Lipinski definition) is 2. The molecule has 0 fully saturated rings. The number of hydrogen-bond donors (Lipinski definition) is 0. The first-order valence-electron chi connectivity index (χ1n) is 6.61. The molecule has 0 atom stereocenters. The van der Waals surface area contributed by atoms with Gasteiger partial charge in [0.2, 0.25) is 5.91 Å². The highest BCUT2D eigenvalue weighted by molar-refractivity contribution is 5.80. The Hall–Kier alpha value is -0.860. The molecule has 0 bridgehead atoms. The normalized spacial score (nSPS) is 11.0. The summed E-state index contributed by atoms with van der Waals surface area (Å²) in [7, 11) is 1.85. The van der Waals surface area contributed by atoms with Crippen molar-refractivity contribution >= 4 is 11.7 Å². The molecule has 0 aromatic heterocycles.